The van der Waals surface area contributed by atoms with Gasteiger partial charge in [-0.05, 0) is 42.7 Å². The number of hydrogen-bond acceptors (Lipinski definition) is 9. The Balaban J connectivity index is 1.49. The highest BCUT2D eigenvalue weighted by molar-refractivity contribution is 7.89. The molecule has 1 aliphatic heterocycles. The van der Waals surface area contributed by atoms with Gasteiger partial charge in [-0.2, -0.15) is 4.98 Å². The summed E-state index contributed by atoms with van der Waals surface area (Å²) in [6, 6.07) is 5.50. The number of fused-ring (bicyclic) bond motifs is 1. The second-order valence-corrected chi connectivity index (χ2v) is 13.7. The van der Waals surface area contributed by atoms with Crippen LogP contribution in [0.15, 0.2) is 58.6 Å². The predicted octanol–water partition coefficient (Wildman–Crippen LogP) is 2.46. The Hall–Kier alpha value is -3.93. The van der Waals surface area contributed by atoms with Gasteiger partial charge < -0.3 is 5.32 Å². The number of benzene rings is 1. The fraction of sp³-hybridized carbons (Fsp3) is 0.308. The zero-order valence-electron chi connectivity index (χ0n) is 22.6. The molecule has 0 saturated carbocycles. The monoisotopic (exact) mass is 637 g/mol. The number of anilines is 1. The average molecular weight is 638 g/mol. The molecule has 1 fully saturated rings. The molecule has 1 aliphatic rings. The van der Waals surface area contributed by atoms with Gasteiger partial charge in [-0.25, -0.2) is 44.4 Å². The van der Waals surface area contributed by atoms with Gasteiger partial charge in [0.15, 0.2) is 0 Å². The average Bonchev–Trinajstić information content (AvgIpc) is 2.94. The lowest BCUT2D eigenvalue weighted by atomic mass is 10.1. The van der Waals surface area contributed by atoms with Crippen molar-refractivity contribution in [3.05, 3.63) is 76.2 Å². The van der Waals surface area contributed by atoms with Crippen molar-refractivity contribution in [2.75, 3.05) is 24.7 Å². The van der Waals surface area contributed by atoms with Crippen molar-refractivity contribution in [3.63, 3.8) is 0 Å². The summed E-state index contributed by atoms with van der Waals surface area (Å²) in [5.41, 5.74) is -1.06. The summed E-state index contributed by atoms with van der Waals surface area (Å²) in [6.07, 6.45) is 3.06. The van der Waals surface area contributed by atoms with E-state index in [-0.39, 0.29) is 40.7 Å². The molecule has 0 bridgehead atoms. The number of sulfonamides is 2. The number of nitrogens with two attached hydrogens (primary N) is 1. The van der Waals surface area contributed by atoms with Gasteiger partial charge in [-0.15, -0.1) is 0 Å². The van der Waals surface area contributed by atoms with Gasteiger partial charge in [0.25, 0.3) is 12.0 Å². The molecule has 4 aromatic rings. The van der Waals surface area contributed by atoms with Crippen LogP contribution < -0.4 is 16.0 Å². The van der Waals surface area contributed by atoms with Crippen LogP contribution in [0, 0.1) is 5.82 Å². The molecule has 0 aliphatic carbocycles. The maximum absolute atomic E-state index is 14.8. The van der Waals surface area contributed by atoms with Crippen LogP contribution in [0.4, 0.5) is 19.1 Å². The van der Waals surface area contributed by atoms with Crippen LogP contribution in [0.25, 0.3) is 22.2 Å². The first-order valence-electron chi connectivity index (χ1n) is 12.9. The summed E-state index contributed by atoms with van der Waals surface area (Å²) in [6.45, 7) is 0.360. The van der Waals surface area contributed by atoms with Crippen molar-refractivity contribution < 1.29 is 30.0 Å². The normalized spacial score (nSPS) is 15.3. The standard InChI is InChI=1S/C26H26F3N7O5S2/c1-42(38,39)35-6-4-18(5-7-35)33-26-32-13-17-9-21(23(28)29)25(37)36(24(17)34-26)14-15-8-16(12-31-11-15)20-3-2-19(10-22(20)27)43(30,40)41/h2-3,8-13,18,23H,4-7,14H2,1H3,(H2,30,40,41)(H,32,33,34). The molecule has 43 heavy (non-hydrogen) atoms. The second kappa shape index (κ2) is 11.6. The molecule has 4 heterocycles. The quantitative estimate of drug-likeness (QED) is 0.295. The van der Waals surface area contributed by atoms with Crippen LogP contribution in [0.1, 0.15) is 30.4 Å². The maximum Gasteiger partial charge on any atom is 0.269 e. The SMILES string of the molecule is CS(=O)(=O)N1CCC(Nc2ncc3cc(C(F)F)c(=O)n(Cc4cncc(-c5ccc(S(N)(=O)=O)cc5F)c4)c3n2)CC1. The van der Waals surface area contributed by atoms with E-state index in [0.717, 1.165) is 29.0 Å². The van der Waals surface area contributed by atoms with E-state index in [2.05, 4.69) is 20.3 Å². The molecular formula is C26H26F3N7O5S2. The van der Waals surface area contributed by atoms with E-state index < -0.39 is 48.3 Å². The summed E-state index contributed by atoms with van der Waals surface area (Å²) in [5, 5.41) is 8.38. The lowest BCUT2D eigenvalue weighted by molar-refractivity contribution is 0.149. The minimum Gasteiger partial charge on any atom is -0.351 e. The van der Waals surface area contributed by atoms with Crippen LogP contribution in [0.3, 0.4) is 0 Å². The van der Waals surface area contributed by atoms with Crippen molar-refractivity contribution in [2.45, 2.75) is 36.7 Å². The van der Waals surface area contributed by atoms with Gasteiger partial charge in [0, 0.05) is 54.2 Å². The summed E-state index contributed by atoms with van der Waals surface area (Å²) < 4.78 is 91.6. The molecular weight excluding hydrogens is 611 g/mol. The first-order valence-corrected chi connectivity index (χ1v) is 16.3. The fourth-order valence-corrected chi connectivity index (χ4v) is 6.28. The summed E-state index contributed by atoms with van der Waals surface area (Å²) in [4.78, 5) is 25.5. The van der Waals surface area contributed by atoms with E-state index >= 15 is 0 Å². The maximum atomic E-state index is 14.8. The molecule has 1 aromatic carbocycles. The molecule has 3 N–H and O–H groups in total. The summed E-state index contributed by atoms with van der Waals surface area (Å²) >= 11 is 0. The smallest absolute Gasteiger partial charge is 0.269 e. The molecule has 0 atom stereocenters. The number of rotatable bonds is 8. The van der Waals surface area contributed by atoms with Crippen LogP contribution in [0.2, 0.25) is 0 Å². The Morgan fingerprint density at radius 3 is 2.42 bits per heavy atom. The number of aromatic nitrogens is 4. The number of hydrogen-bond donors (Lipinski definition) is 2. The molecule has 1 saturated heterocycles. The highest BCUT2D eigenvalue weighted by Gasteiger charge is 2.26. The van der Waals surface area contributed by atoms with E-state index in [1.54, 1.807) is 0 Å². The van der Waals surface area contributed by atoms with Crippen molar-refractivity contribution in [3.8, 4) is 11.1 Å². The summed E-state index contributed by atoms with van der Waals surface area (Å²) in [5.74, 6) is -0.745. The first-order chi connectivity index (χ1) is 20.2. The van der Waals surface area contributed by atoms with Gasteiger partial charge in [-0.1, -0.05) is 6.07 Å². The highest BCUT2D eigenvalue weighted by Crippen LogP contribution is 2.26. The van der Waals surface area contributed by atoms with Gasteiger partial charge in [0.2, 0.25) is 26.0 Å². The molecule has 3 aromatic heterocycles. The second-order valence-electron chi connectivity index (χ2n) is 10.1. The topological polar surface area (TPSA) is 170 Å². The van der Waals surface area contributed by atoms with E-state index in [1.807, 2.05) is 0 Å². The lowest BCUT2D eigenvalue weighted by Crippen LogP contribution is -2.42. The Morgan fingerprint density at radius 2 is 1.79 bits per heavy atom. The van der Waals surface area contributed by atoms with Crippen molar-refractivity contribution in [1.29, 1.82) is 0 Å². The molecule has 228 valence electrons. The number of piperidine rings is 1. The molecule has 0 radical (unpaired) electrons. The minimum atomic E-state index is -4.13. The van der Waals surface area contributed by atoms with Crippen molar-refractivity contribution in [1.82, 2.24) is 23.8 Å². The number of primary sulfonamides is 1. The Morgan fingerprint density at radius 1 is 1.07 bits per heavy atom. The van der Waals surface area contributed by atoms with E-state index in [1.165, 1.54) is 35.0 Å². The Labute approximate surface area is 244 Å². The van der Waals surface area contributed by atoms with Crippen LogP contribution in [-0.4, -0.2) is 66.0 Å². The Bertz CT molecular complexity index is 1980. The molecule has 12 nitrogen and oxygen atoms in total. The number of alkyl halides is 2. The molecule has 0 amide bonds. The van der Waals surface area contributed by atoms with Gasteiger partial charge in [-0.3, -0.25) is 14.3 Å². The van der Waals surface area contributed by atoms with Crippen LogP contribution >= 0.6 is 0 Å². The molecule has 0 unspecified atom stereocenters. The van der Waals surface area contributed by atoms with Crippen LogP contribution in [-0.2, 0) is 26.6 Å². The van der Waals surface area contributed by atoms with Gasteiger partial charge in [0.1, 0.15) is 11.5 Å². The first kappa shape index (κ1) is 30.5. The van der Waals surface area contributed by atoms with E-state index in [0.29, 0.717) is 31.5 Å². The minimum absolute atomic E-state index is 0.0102. The molecule has 17 heteroatoms. The predicted molar refractivity (Wildman–Crippen MR) is 152 cm³/mol. The van der Waals surface area contributed by atoms with Gasteiger partial charge >= 0.3 is 0 Å². The van der Waals surface area contributed by atoms with Crippen molar-refractivity contribution >= 4 is 37.0 Å². The number of halogens is 3. The third-order valence-electron chi connectivity index (χ3n) is 7.06. The van der Waals surface area contributed by atoms with Crippen LogP contribution in [0.5, 0.6) is 0 Å². The molecule has 5 rings (SSSR count). The van der Waals surface area contributed by atoms with E-state index in [9.17, 15) is 34.8 Å². The lowest BCUT2D eigenvalue weighted by Gasteiger charge is -2.30. The highest BCUT2D eigenvalue weighted by atomic mass is 32.2. The molecule has 0 spiro atoms. The number of nitrogens with one attached hydrogen (secondary N) is 1. The Kier molecular flexibility index (Phi) is 8.26. The fourth-order valence-electron chi connectivity index (χ4n) is 4.88. The third-order valence-corrected chi connectivity index (χ3v) is 9.28. The zero-order valence-corrected chi connectivity index (χ0v) is 24.2. The third kappa shape index (κ3) is 6.69. The number of pyridine rings is 2. The van der Waals surface area contributed by atoms with Crippen molar-refractivity contribution in [2.24, 2.45) is 5.14 Å². The van der Waals surface area contributed by atoms with Gasteiger partial charge in [0.05, 0.1) is 23.3 Å². The largest absolute Gasteiger partial charge is 0.351 e. The zero-order chi connectivity index (χ0) is 31.1. The number of nitrogens with zero attached hydrogens (tertiary/aromatic N) is 5. The van der Waals surface area contributed by atoms with E-state index in [4.69, 9.17) is 5.14 Å². The summed E-state index contributed by atoms with van der Waals surface area (Å²) in [7, 11) is -7.44.